The predicted octanol–water partition coefficient (Wildman–Crippen LogP) is 2.42. The van der Waals surface area contributed by atoms with E-state index in [-0.39, 0.29) is 11.7 Å². The Morgan fingerprint density at radius 1 is 1.43 bits per heavy atom. The molecule has 4 nitrogen and oxygen atoms in total. The SMILES string of the molecule is CC(C)C(=O)c1cnn(Cc2cccc3c2CCNC3)c1. The topological polar surface area (TPSA) is 46.9 Å². The Morgan fingerprint density at radius 2 is 2.29 bits per heavy atom. The van der Waals surface area contributed by atoms with Crippen LogP contribution >= 0.6 is 0 Å². The lowest BCUT2D eigenvalue weighted by molar-refractivity contribution is 0.0939. The molecule has 1 aromatic heterocycles. The quantitative estimate of drug-likeness (QED) is 0.877. The molecule has 0 amide bonds. The zero-order chi connectivity index (χ0) is 14.8. The van der Waals surface area contributed by atoms with Crippen molar-refractivity contribution in [3.05, 3.63) is 52.8 Å². The molecule has 2 heterocycles. The minimum Gasteiger partial charge on any atom is -0.312 e. The number of hydrogen-bond donors (Lipinski definition) is 1. The molecule has 0 atom stereocenters. The molecule has 0 aliphatic carbocycles. The maximum atomic E-state index is 12.0. The Balaban J connectivity index is 1.83. The normalized spacial score (nSPS) is 14.2. The van der Waals surface area contributed by atoms with Crippen LogP contribution in [0.4, 0.5) is 0 Å². The maximum Gasteiger partial charge on any atom is 0.168 e. The second-order valence-electron chi connectivity index (χ2n) is 5.93. The average molecular weight is 283 g/mol. The highest BCUT2D eigenvalue weighted by molar-refractivity contribution is 5.96. The van der Waals surface area contributed by atoms with Gasteiger partial charge in [0.25, 0.3) is 0 Å². The molecular weight excluding hydrogens is 262 g/mol. The van der Waals surface area contributed by atoms with E-state index in [2.05, 4.69) is 28.6 Å². The van der Waals surface area contributed by atoms with Crippen molar-refractivity contribution in [2.75, 3.05) is 6.54 Å². The molecule has 0 saturated carbocycles. The molecule has 1 aromatic carbocycles. The average Bonchev–Trinajstić information content (AvgIpc) is 2.95. The predicted molar refractivity (Wildman–Crippen MR) is 82.4 cm³/mol. The van der Waals surface area contributed by atoms with Gasteiger partial charge in [-0.05, 0) is 29.7 Å². The molecule has 1 aliphatic rings. The number of hydrogen-bond acceptors (Lipinski definition) is 3. The molecule has 0 bridgehead atoms. The van der Waals surface area contributed by atoms with Crippen LogP contribution in [0.2, 0.25) is 0 Å². The number of benzene rings is 1. The number of Topliss-reactive ketones (excluding diaryl/α,β-unsaturated/α-hetero) is 1. The van der Waals surface area contributed by atoms with Gasteiger partial charge in [-0.2, -0.15) is 5.10 Å². The minimum absolute atomic E-state index is 0.0122. The lowest BCUT2D eigenvalue weighted by Gasteiger charge is -2.20. The molecule has 0 spiro atoms. The minimum atomic E-state index is 0.0122. The van der Waals surface area contributed by atoms with E-state index in [1.807, 2.05) is 24.7 Å². The second kappa shape index (κ2) is 5.82. The lowest BCUT2D eigenvalue weighted by atomic mass is 9.95. The van der Waals surface area contributed by atoms with E-state index >= 15 is 0 Å². The summed E-state index contributed by atoms with van der Waals surface area (Å²) in [6.45, 7) is 6.54. The van der Waals surface area contributed by atoms with Crippen molar-refractivity contribution in [3.8, 4) is 0 Å². The highest BCUT2D eigenvalue weighted by atomic mass is 16.1. The highest BCUT2D eigenvalue weighted by Gasteiger charge is 2.15. The van der Waals surface area contributed by atoms with Crippen molar-refractivity contribution >= 4 is 5.78 Å². The monoisotopic (exact) mass is 283 g/mol. The summed E-state index contributed by atoms with van der Waals surface area (Å²) in [5.74, 6) is 0.166. The number of carbonyl (C=O) groups is 1. The Labute approximate surface area is 125 Å². The standard InChI is InChI=1S/C17H21N3O/c1-12(2)17(21)15-9-19-20(11-15)10-14-5-3-4-13-8-18-7-6-16(13)14/h3-5,9,11-12,18H,6-8,10H2,1-2H3. The van der Waals surface area contributed by atoms with Crippen molar-refractivity contribution in [1.82, 2.24) is 15.1 Å². The summed E-state index contributed by atoms with van der Waals surface area (Å²) in [7, 11) is 0. The van der Waals surface area contributed by atoms with E-state index in [1.54, 1.807) is 6.20 Å². The van der Waals surface area contributed by atoms with Crippen LogP contribution in [-0.2, 0) is 19.5 Å². The Morgan fingerprint density at radius 3 is 3.10 bits per heavy atom. The van der Waals surface area contributed by atoms with Crippen LogP contribution in [0.25, 0.3) is 0 Å². The Kier molecular flexibility index (Phi) is 3.88. The van der Waals surface area contributed by atoms with Crippen molar-refractivity contribution in [1.29, 1.82) is 0 Å². The summed E-state index contributed by atoms with van der Waals surface area (Å²) in [6, 6.07) is 6.45. The van der Waals surface area contributed by atoms with Gasteiger partial charge in [-0.15, -0.1) is 0 Å². The summed E-state index contributed by atoms with van der Waals surface area (Å²) < 4.78 is 1.87. The van der Waals surface area contributed by atoms with Crippen LogP contribution < -0.4 is 5.32 Å². The number of ketones is 1. The first kappa shape index (κ1) is 14.0. The summed E-state index contributed by atoms with van der Waals surface area (Å²) in [4.78, 5) is 12.0. The van der Waals surface area contributed by atoms with Gasteiger partial charge in [0, 0.05) is 18.7 Å². The summed E-state index contributed by atoms with van der Waals surface area (Å²) in [6.07, 6.45) is 4.60. The zero-order valence-electron chi connectivity index (χ0n) is 12.6. The number of nitrogens with one attached hydrogen (secondary N) is 1. The molecule has 4 heteroatoms. The van der Waals surface area contributed by atoms with Crippen molar-refractivity contribution < 1.29 is 4.79 Å². The van der Waals surface area contributed by atoms with Crippen LogP contribution in [0.1, 0.15) is 40.9 Å². The molecular formula is C17H21N3O. The van der Waals surface area contributed by atoms with E-state index in [0.29, 0.717) is 5.56 Å². The van der Waals surface area contributed by atoms with Gasteiger partial charge in [-0.1, -0.05) is 32.0 Å². The molecule has 3 rings (SSSR count). The van der Waals surface area contributed by atoms with Gasteiger partial charge < -0.3 is 5.32 Å². The number of carbonyl (C=O) groups excluding carboxylic acids is 1. The molecule has 110 valence electrons. The largest absolute Gasteiger partial charge is 0.312 e. The van der Waals surface area contributed by atoms with Crippen LogP contribution in [0, 0.1) is 5.92 Å². The van der Waals surface area contributed by atoms with E-state index in [0.717, 1.165) is 26.1 Å². The fraction of sp³-hybridized carbons (Fsp3) is 0.412. The Bertz CT molecular complexity index is 658. The van der Waals surface area contributed by atoms with Crippen molar-refractivity contribution in [3.63, 3.8) is 0 Å². The van der Waals surface area contributed by atoms with Crippen LogP contribution in [-0.4, -0.2) is 22.1 Å². The number of fused-ring (bicyclic) bond motifs is 1. The van der Waals surface area contributed by atoms with Gasteiger partial charge in [0.15, 0.2) is 5.78 Å². The van der Waals surface area contributed by atoms with Crippen LogP contribution in [0.5, 0.6) is 0 Å². The zero-order valence-corrected chi connectivity index (χ0v) is 12.6. The van der Waals surface area contributed by atoms with Gasteiger partial charge in [0.2, 0.25) is 0 Å². The molecule has 1 aliphatic heterocycles. The van der Waals surface area contributed by atoms with Gasteiger partial charge in [0.05, 0.1) is 18.3 Å². The highest BCUT2D eigenvalue weighted by Crippen LogP contribution is 2.19. The first-order valence-electron chi connectivity index (χ1n) is 7.52. The van der Waals surface area contributed by atoms with Gasteiger partial charge in [-0.25, -0.2) is 0 Å². The number of nitrogens with zero attached hydrogens (tertiary/aromatic N) is 2. The Hall–Kier alpha value is -1.94. The first-order chi connectivity index (χ1) is 10.1. The van der Waals surface area contributed by atoms with Crippen LogP contribution in [0.3, 0.4) is 0 Å². The first-order valence-corrected chi connectivity index (χ1v) is 7.52. The molecule has 0 radical (unpaired) electrons. The van der Waals surface area contributed by atoms with Crippen molar-refractivity contribution in [2.24, 2.45) is 5.92 Å². The number of rotatable bonds is 4. The maximum absolute atomic E-state index is 12.0. The molecule has 0 fully saturated rings. The molecule has 21 heavy (non-hydrogen) atoms. The van der Waals surface area contributed by atoms with Crippen LogP contribution in [0.15, 0.2) is 30.6 Å². The summed E-state index contributed by atoms with van der Waals surface area (Å²) in [5, 5.41) is 7.74. The fourth-order valence-electron chi connectivity index (χ4n) is 2.84. The molecule has 1 N–H and O–H groups in total. The van der Waals surface area contributed by atoms with E-state index in [1.165, 1.54) is 16.7 Å². The van der Waals surface area contributed by atoms with Gasteiger partial charge in [-0.3, -0.25) is 9.48 Å². The molecule has 2 aromatic rings. The van der Waals surface area contributed by atoms with E-state index in [4.69, 9.17) is 0 Å². The lowest BCUT2D eigenvalue weighted by Crippen LogP contribution is -2.25. The fourth-order valence-corrected chi connectivity index (χ4v) is 2.84. The third-order valence-corrected chi connectivity index (χ3v) is 4.01. The molecule has 0 saturated heterocycles. The smallest absolute Gasteiger partial charge is 0.168 e. The van der Waals surface area contributed by atoms with Crippen molar-refractivity contribution in [2.45, 2.75) is 33.4 Å². The van der Waals surface area contributed by atoms with E-state index in [9.17, 15) is 4.79 Å². The van der Waals surface area contributed by atoms with Gasteiger partial charge >= 0.3 is 0 Å². The second-order valence-corrected chi connectivity index (χ2v) is 5.93. The van der Waals surface area contributed by atoms with Gasteiger partial charge in [0.1, 0.15) is 0 Å². The third kappa shape index (κ3) is 2.90. The van der Waals surface area contributed by atoms with E-state index < -0.39 is 0 Å². The summed E-state index contributed by atoms with van der Waals surface area (Å²) >= 11 is 0. The third-order valence-electron chi connectivity index (χ3n) is 4.01. The number of aromatic nitrogens is 2. The molecule has 0 unspecified atom stereocenters. The summed E-state index contributed by atoms with van der Waals surface area (Å²) in [5.41, 5.74) is 4.82.